The van der Waals surface area contributed by atoms with Crippen molar-refractivity contribution in [3.05, 3.63) is 35.9 Å². The van der Waals surface area contributed by atoms with Crippen molar-refractivity contribution in [3.8, 4) is 0 Å². The van der Waals surface area contributed by atoms with E-state index in [0.717, 1.165) is 36.8 Å². The van der Waals surface area contributed by atoms with Crippen molar-refractivity contribution in [1.82, 2.24) is 0 Å². The molecule has 0 aliphatic heterocycles. The predicted octanol–water partition coefficient (Wildman–Crippen LogP) is 2.02. The van der Waals surface area contributed by atoms with Gasteiger partial charge < -0.3 is 9.04 Å². The molecule has 0 saturated carbocycles. The SMILES string of the molecule is C[N+](C)(CCCCS(=O)(=O)[O-])CCCc1ccccc1. The second kappa shape index (κ2) is 7.76. The molecule has 0 amide bonds. The molecule has 0 aliphatic carbocycles. The Balaban J connectivity index is 2.21. The molecule has 0 fully saturated rings. The summed E-state index contributed by atoms with van der Waals surface area (Å²) in [5.41, 5.74) is 1.35. The van der Waals surface area contributed by atoms with Gasteiger partial charge in [0, 0.05) is 12.2 Å². The van der Waals surface area contributed by atoms with Gasteiger partial charge in [-0.05, 0) is 24.8 Å². The molecule has 0 aromatic heterocycles. The molecule has 4 nitrogen and oxygen atoms in total. The van der Waals surface area contributed by atoms with Crippen molar-refractivity contribution in [2.75, 3.05) is 32.9 Å². The summed E-state index contributed by atoms with van der Waals surface area (Å²) in [7, 11) is 0.247. The van der Waals surface area contributed by atoms with E-state index in [4.69, 9.17) is 0 Å². The first-order chi connectivity index (χ1) is 9.29. The summed E-state index contributed by atoms with van der Waals surface area (Å²) in [6, 6.07) is 10.4. The lowest BCUT2D eigenvalue weighted by Gasteiger charge is -2.30. The van der Waals surface area contributed by atoms with E-state index < -0.39 is 10.1 Å². The van der Waals surface area contributed by atoms with Gasteiger partial charge in [-0.3, -0.25) is 0 Å². The molecule has 0 bridgehead atoms. The molecule has 0 atom stereocenters. The largest absolute Gasteiger partial charge is 0.748 e. The molecule has 0 spiro atoms. The average molecular weight is 299 g/mol. The fourth-order valence-electron chi connectivity index (χ4n) is 2.29. The van der Waals surface area contributed by atoms with Crippen LogP contribution in [0.5, 0.6) is 0 Å². The Morgan fingerprint density at radius 3 is 2.20 bits per heavy atom. The Kier molecular flexibility index (Phi) is 6.65. The van der Waals surface area contributed by atoms with Crippen molar-refractivity contribution >= 4 is 10.1 Å². The van der Waals surface area contributed by atoms with Crippen molar-refractivity contribution in [3.63, 3.8) is 0 Å². The number of hydrogen-bond acceptors (Lipinski definition) is 3. The lowest BCUT2D eigenvalue weighted by atomic mass is 10.1. The molecule has 5 heteroatoms. The van der Waals surface area contributed by atoms with Crippen molar-refractivity contribution < 1.29 is 17.5 Å². The Morgan fingerprint density at radius 1 is 1.00 bits per heavy atom. The smallest absolute Gasteiger partial charge is 0.0945 e. The monoisotopic (exact) mass is 299 g/mol. The molecular formula is C15H25NO3S. The van der Waals surface area contributed by atoms with E-state index in [1.54, 1.807) is 0 Å². The fraction of sp³-hybridized carbons (Fsp3) is 0.600. The molecule has 0 saturated heterocycles. The van der Waals surface area contributed by atoms with Crippen LogP contribution in [0, 0.1) is 0 Å². The minimum atomic E-state index is -4.05. The normalized spacial score (nSPS) is 12.6. The molecule has 1 aromatic rings. The summed E-state index contributed by atoms with van der Waals surface area (Å²) < 4.78 is 32.4. The number of nitrogens with zero attached hydrogens (tertiary/aromatic N) is 1. The Hall–Kier alpha value is -0.910. The summed E-state index contributed by atoms with van der Waals surface area (Å²) in [4.78, 5) is 0. The first-order valence-corrected chi connectivity index (χ1v) is 8.66. The number of unbranched alkanes of at least 4 members (excludes halogenated alkanes) is 1. The summed E-state index contributed by atoms with van der Waals surface area (Å²) in [6.07, 6.45) is 3.42. The number of quaternary nitrogens is 1. The molecule has 0 radical (unpaired) electrons. The Bertz CT molecular complexity index is 483. The topological polar surface area (TPSA) is 57.2 Å². The lowest BCUT2D eigenvalue weighted by Crippen LogP contribution is -2.41. The Labute approximate surface area is 122 Å². The minimum Gasteiger partial charge on any atom is -0.748 e. The average Bonchev–Trinajstić information content (AvgIpc) is 2.35. The lowest BCUT2D eigenvalue weighted by molar-refractivity contribution is -0.890. The van der Waals surface area contributed by atoms with Crippen molar-refractivity contribution in [1.29, 1.82) is 0 Å². The van der Waals surface area contributed by atoms with E-state index in [-0.39, 0.29) is 5.75 Å². The van der Waals surface area contributed by atoms with Crippen LogP contribution in [0.25, 0.3) is 0 Å². The zero-order valence-electron chi connectivity index (χ0n) is 12.4. The van der Waals surface area contributed by atoms with Gasteiger partial charge in [-0.15, -0.1) is 0 Å². The van der Waals surface area contributed by atoms with Gasteiger partial charge in [-0.2, -0.15) is 0 Å². The van der Waals surface area contributed by atoms with E-state index in [1.165, 1.54) is 5.56 Å². The quantitative estimate of drug-likeness (QED) is 0.398. The zero-order chi connectivity index (χ0) is 15.1. The number of hydrogen-bond donors (Lipinski definition) is 0. The first-order valence-electron chi connectivity index (χ1n) is 7.08. The standard InChI is InChI=1S/C15H25NO3S/c1-16(2,12-6-7-14-20(17,18)19)13-8-11-15-9-4-3-5-10-15/h3-5,9-10H,6-8,11-14H2,1-2H3. The van der Waals surface area contributed by atoms with Gasteiger partial charge in [0.25, 0.3) is 0 Å². The number of aryl methyl sites for hydroxylation is 1. The van der Waals surface area contributed by atoms with Gasteiger partial charge in [-0.25, -0.2) is 8.42 Å². The maximum Gasteiger partial charge on any atom is 0.0945 e. The van der Waals surface area contributed by atoms with Gasteiger partial charge in [0.05, 0.1) is 37.3 Å². The number of benzene rings is 1. The zero-order valence-corrected chi connectivity index (χ0v) is 13.2. The van der Waals surface area contributed by atoms with Crippen LogP contribution >= 0.6 is 0 Å². The third-order valence-corrected chi connectivity index (χ3v) is 4.27. The summed E-state index contributed by atoms with van der Waals surface area (Å²) in [6.45, 7) is 1.96. The molecule has 0 unspecified atom stereocenters. The summed E-state index contributed by atoms with van der Waals surface area (Å²) in [5.74, 6) is -0.239. The molecule has 114 valence electrons. The van der Waals surface area contributed by atoms with Crippen LogP contribution in [-0.2, 0) is 16.5 Å². The van der Waals surface area contributed by atoms with Gasteiger partial charge in [0.15, 0.2) is 0 Å². The molecule has 0 N–H and O–H groups in total. The molecule has 0 heterocycles. The maximum absolute atomic E-state index is 10.5. The second-order valence-corrected chi connectivity index (χ2v) is 7.46. The highest BCUT2D eigenvalue weighted by Gasteiger charge is 2.14. The van der Waals surface area contributed by atoms with E-state index in [1.807, 2.05) is 6.07 Å². The van der Waals surface area contributed by atoms with Crippen LogP contribution < -0.4 is 0 Å². The van der Waals surface area contributed by atoms with Crippen molar-refractivity contribution in [2.24, 2.45) is 0 Å². The predicted molar refractivity (Wildman–Crippen MR) is 80.4 cm³/mol. The third-order valence-electron chi connectivity index (χ3n) is 3.48. The second-order valence-electron chi connectivity index (χ2n) is 5.94. The van der Waals surface area contributed by atoms with Crippen LogP contribution in [0.1, 0.15) is 24.8 Å². The molecular weight excluding hydrogens is 274 g/mol. The third kappa shape index (κ3) is 8.30. The van der Waals surface area contributed by atoms with Crippen molar-refractivity contribution in [2.45, 2.75) is 25.7 Å². The Morgan fingerprint density at radius 2 is 1.60 bits per heavy atom. The van der Waals surface area contributed by atoms with Gasteiger partial charge in [-0.1, -0.05) is 30.3 Å². The highest BCUT2D eigenvalue weighted by molar-refractivity contribution is 7.85. The van der Waals surface area contributed by atoms with Crippen LogP contribution in [0.15, 0.2) is 30.3 Å². The van der Waals surface area contributed by atoms with E-state index in [0.29, 0.717) is 6.42 Å². The fourth-order valence-corrected chi connectivity index (χ4v) is 2.84. The van der Waals surface area contributed by atoms with Gasteiger partial charge >= 0.3 is 0 Å². The van der Waals surface area contributed by atoms with E-state index in [9.17, 15) is 13.0 Å². The van der Waals surface area contributed by atoms with Gasteiger partial charge in [0.2, 0.25) is 0 Å². The maximum atomic E-state index is 10.5. The minimum absolute atomic E-state index is 0.239. The van der Waals surface area contributed by atoms with Crippen LogP contribution in [-0.4, -0.2) is 50.4 Å². The van der Waals surface area contributed by atoms with Crippen LogP contribution in [0.4, 0.5) is 0 Å². The summed E-state index contributed by atoms with van der Waals surface area (Å²) in [5, 5.41) is 0. The van der Waals surface area contributed by atoms with E-state index >= 15 is 0 Å². The summed E-state index contributed by atoms with van der Waals surface area (Å²) >= 11 is 0. The highest BCUT2D eigenvalue weighted by Crippen LogP contribution is 2.08. The molecule has 20 heavy (non-hydrogen) atoms. The van der Waals surface area contributed by atoms with Gasteiger partial charge in [0.1, 0.15) is 0 Å². The molecule has 1 aromatic carbocycles. The van der Waals surface area contributed by atoms with E-state index in [2.05, 4.69) is 38.4 Å². The molecule has 1 rings (SSSR count). The first kappa shape index (κ1) is 17.1. The number of rotatable bonds is 9. The molecule has 0 aliphatic rings. The van der Waals surface area contributed by atoms with Crippen LogP contribution in [0.2, 0.25) is 0 Å². The van der Waals surface area contributed by atoms with Crippen LogP contribution in [0.3, 0.4) is 0 Å². The highest BCUT2D eigenvalue weighted by atomic mass is 32.2.